The number of thiazole rings is 1. The van der Waals surface area contributed by atoms with Crippen molar-refractivity contribution in [2.24, 2.45) is 0 Å². The SMILES string of the molecule is Cc1cc(C)n(CCc2nc(-c3ccc(C#N)cc3)cs2)n1. The summed E-state index contributed by atoms with van der Waals surface area (Å²) in [6, 6.07) is 11.7. The van der Waals surface area contributed by atoms with Crippen molar-refractivity contribution in [2.75, 3.05) is 0 Å². The average Bonchev–Trinajstić information content (AvgIpc) is 3.12. The second-order valence-electron chi connectivity index (χ2n) is 5.22. The third-order valence-electron chi connectivity index (χ3n) is 3.50. The van der Waals surface area contributed by atoms with Gasteiger partial charge in [-0.25, -0.2) is 4.98 Å². The molecule has 0 amide bonds. The van der Waals surface area contributed by atoms with Crippen molar-refractivity contribution in [2.45, 2.75) is 26.8 Å². The standard InChI is InChI=1S/C17H16N4S/c1-12-9-13(2)21(20-12)8-7-17-19-16(11-22-17)15-5-3-14(10-18)4-6-15/h3-6,9,11H,7-8H2,1-2H3. The molecule has 0 aliphatic rings. The van der Waals surface area contributed by atoms with E-state index in [4.69, 9.17) is 5.26 Å². The number of rotatable bonds is 4. The molecule has 0 saturated carbocycles. The monoisotopic (exact) mass is 308 g/mol. The summed E-state index contributed by atoms with van der Waals surface area (Å²) in [5, 5.41) is 16.5. The van der Waals surface area contributed by atoms with Crippen LogP contribution in [0.2, 0.25) is 0 Å². The summed E-state index contributed by atoms with van der Waals surface area (Å²) in [5.41, 5.74) is 4.92. The molecule has 1 aromatic carbocycles. The van der Waals surface area contributed by atoms with E-state index in [1.807, 2.05) is 35.9 Å². The number of aryl methyl sites for hydroxylation is 4. The zero-order valence-corrected chi connectivity index (χ0v) is 13.4. The summed E-state index contributed by atoms with van der Waals surface area (Å²) in [6.07, 6.45) is 0.878. The topological polar surface area (TPSA) is 54.5 Å². The summed E-state index contributed by atoms with van der Waals surface area (Å²) >= 11 is 1.67. The molecule has 0 unspecified atom stereocenters. The summed E-state index contributed by atoms with van der Waals surface area (Å²) in [5.74, 6) is 0. The van der Waals surface area contributed by atoms with Gasteiger partial charge in [0.25, 0.3) is 0 Å². The van der Waals surface area contributed by atoms with Crippen molar-refractivity contribution in [3.8, 4) is 17.3 Å². The van der Waals surface area contributed by atoms with E-state index in [0.717, 1.165) is 34.9 Å². The second-order valence-corrected chi connectivity index (χ2v) is 6.16. The number of nitrogens with zero attached hydrogens (tertiary/aromatic N) is 4. The molecule has 2 heterocycles. The van der Waals surface area contributed by atoms with Crippen molar-refractivity contribution < 1.29 is 0 Å². The zero-order chi connectivity index (χ0) is 15.5. The van der Waals surface area contributed by atoms with Crippen LogP contribution in [0.15, 0.2) is 35.7 Å². The molecule has 22 heavy (non-hydrogen) atoms. The number of aromatic nitrogens is 3. The van der Waals surface area contributed by atoms with Crippen LogP contribution < -0.4 is 0 Å². The Bertz CT molecular complexity index is 821. The molecule has 0 radical (unpaired) electrons. The molecule has 0 fully saturated rings. The van der Waals surface area contributed by atoms with E-state index in [2.05, 4.69) is 34.5 Å². The first-order valence-electron chi connectivity index (χ1n) is 7.12. The highest BCUT2D eigenvalue weighted by atomic mass is 32.1. The van der Waals surface area contributed by atoms with E-state index >= 15 is 0 Å². The number of benzene rings is 1. The van der Waals surface area contributed by atoms with Gasteiger partial charge in [0.1, 0.15) is 0 Å². The van der Waals surface area contributed by atoms with Crippen LogP contribution in [0.4, 0.5) is 0 Å². The molecule has 0 aliphatic heterocycles. The van der Waals surface area contributed by atoms with Crippen molar-refractivity contribution in [3.63, 3.8) is 0 Å². The van der Waals surface area contributed by atoms with E-state index in [1.165, 1.54) is 5.69 Å². The quantitative estimate of drug-likeness (QED) is 0.738. The smallest absolute Gasteiger partial charge is 0.0991 e. The van der Waals surface area contributed by atoms with Crippen molar-refractivity contribution in [3.05, 3.63) is 57.7 Å². The third-order valence-corrected chi connectivity index (χ3v) is 4.41. The minimum absolute atomic E-state index is 0.670. The molecular weight excluding hydrogens is 292 g/mol. The predicted molar refractivity (Wildman–Crippen MR) is 87.7 cm³/mol. The Balaban J connectivity index is 1.70. The minimum atomic E-state index is 0.670. The van der Waals surface area contributed by atoms with Crippen LogP contribution in [0.5, 0.6) is 0 Å². The first kappa shape index (κ1) is 14.5. The first-order valence-corrected chi connectivity index (χ1v) is 7.99. The Labute approximate surface area is 133 Å². The fourth-order valence-corrected chi connectivity index (χ4v) is 3.17. The average molecular weight is 308 g/mol. The molecule has 5 heteroatoms. The molecule has 2 aromatic heterocycles. The summed E-state index contributed by atoms with van der Waals surface area (Å²) in [6.45, 7) is 4.93. The molecule has 0 spiro atoms. The number of hydrogen-bond acceptors (Lipinski definition) is 4. The Kier molecular flexibility index (Phi) is 4.03. The lowest BCUT2D eigenvalue weighted by Gasteiger charge is -2.02. The summed E-state index contributed by atoms with van der Waals surface area (Å²) in [4.78, 5) is 4.68. The lowest BCUT2D eigenvalue weighted by Crippen LogP contribution is -2.05. The van der Waals surface area contributed by atoms with Gasteiger partial charge < -0.3 is 0 Å². The van der Waals surface area contributed by atoms with E-state index in [-0.39, 0.29) is 0 Å². The fourth-order valence-electron chi connectivity index (χ4n) is 2.38. The van der Waals surface area contributed by atoms with E-state index in [9.17, 15) is 0 Å². The largest absolute Gasteiger partial charge is 0.269 e. The Morgan fingerprint density at radius 2 is 2.00 bits per heavy atom. The maximum Gasteiger partial charge on any atom is 0.0991 e. The van der Waals surface area contributed by atoms with Crippen LogP contribution in [-0.4, -0.2) is 14.8 Å². The van der Waals surface area contributed by atoms with Gasteiger partial charge in [-0.05, 0) is 32.0 Å². The molecule has 110 valence electrons. The number of hydrogen-bond donors (Lipinski definition) is 0. The van der Waals surface area contributed by atoms with Crippen molar-refractivity contribution >= 4 is 11.3 Å². The highest BCUT2D eigenvalue weighted by molar-refractivity contribution is 7.09. The van der Waals surface area contributed by atoms with Gasteiger partial charge in [0.05, 0.1) is 28.0 Å². The predicted octanol–water partition coefficient (Wildman–Crippen LogP) is 3.74. The zero-order valence-electron chi connectivity index (χ0n) is 12.6. The molecule has 4 nitrogen and oxygen atoms in total. The van der Waals surface area contributed by atoms with Crippen LogP contribution in [0, 0.1) is 25.2 Å². The van der Waals surface area contributed by atoms with E-state index in [1.54, 1.807) is 11.3 Å². The van der Waals surface area contributed by atoms with Crippen LogP contribution in [0.1, 0.15) is 22.0 Å². The fraction of sp³-hybridized carbons (Fsp3) is 0.235. The second kappa shape index (κ2) is 6.12. The molecule has 0 bridgehead atoms. The van der Waals surface area contributed by atoms with Gasteiger partial charge in [0.2, 0.25) is 0 Å². The van der Waals surface area contributed by atoms with E-state index in [0.29, 0.717) is 5.56 Å². The highest BCUT2D eigenvalue weighted by Gasteiger charge is 2.07. The van der Waals surface area contributed by atoms with Gasteiger partial charge in [0, 0.05) is 29.6 Å². The van der Waals surface area contributed by atoms with Gasteiger partial charge in [-0.15, -0.1) is 11.3 Å². The maximum atomic E-state index is 8.83. The van der Waals surface area contributed by atoms with Gasteiger partial charge in [-0.1, -0.05) is 12.1 Å². The normalized spacial score (nSPS) is 10.6. The third kappa shape index (κ3) is 3.07. The molecule has 0 N–H and O–H groups in total. The Morgan fingerprint density at radius 1 is 1.23 bits per heavy atom. The Morgan fingerprint density at radius 3 is 2.64 bits per heavy atom. The molecule has 3 aromatic rings. The van der Waals surface area contributed by atoms with Gasteiger partial charge >= 0.3 is 0 Å². The lowest BCUT2D eigenvalue weighted by molar-refractivity contribution is 0.593. The summed E-state index contributed by atoms with van der Waals surface area (Å²) < 4.78 is 2.03. The van der Waals surface area contributed by atoms with Crippen LogP contribution >= 0.6 is 11.3 Å². The lowest BCUT2D eigenvalue weighted by atomic mass is 10.1. The van der Waals surface area contributed by atoms with Crippen molar-refractivity contribution in [1.29, 1.82) is 5.26 Å². The summed E-state index contributed by atoms with van der Waals surface area (Å²) in [7, 11) is 0. The van der Waals surface area contributed by atoms with Gasteiger partial charge in [-0.2, -0.15) is 10.4 Å². The molecule has 0 saturated heterocycles. The van der Waals surface area contributed by atoms with Crippen LogP contribution in [0.3, 0.4) is 0 Å². The highest BCUT2D eigenvalue weighted by Crippen LogP contribution is 2.22. The Hall–Kier alpha value is -2.45. The van der Waals surface area contributed by atoms with Crippen LogP contribution in [0.25, 0.3) is 11.3 Å². The maximum absolute atomic E-state index is 8.83. The first-order chi connectivity index (χ1) is 10.7. The number of nitriles is 1. The van der Waals surface area contributed by atoms with Gasteiger partial charge in [0.15, 0.2) is 0 Å². The molecule has 3 rings (SSSR count). The van der Waals surface area contributed by atoms with E-state index < -0.39 is 0 Å². The van der Waals surface area contributed by atoms with Gasteiger partial charge in [-0.3, -0.25) is 4.68 Å². The molecule has 0 aliphatic carbocycles. The minimum Gasteiger partial charge on any atom is -0.269 e. The van der Waals surface area contributed by atoms with Crippen molar-refractivity contribution in [1.82, 2.24) is 14.8 Å². The molecular formula is C17H16N4S. The molecule has 0 atom stereocenters. The van der Waals surface area contributed by atoms with Crippen LogP contribution in [-0.2, 0) is 13.0 Å².